The third kappa shape index (κ3) is 2.97. The van der Waals surface area contributed by atoms with Gasteiger partial charge in [0, 0.05) is 14.5 Å². The van der Waals surface area contributed by atoms with Crippen molar-refractivity contribution >= 4 is 39.1 Å². The molecular weight excluding hydrogens is 345 g/mol. The summed E-state index contributed by atoms with van der Waals surface area (Å²) >= 11 is 15.9. The van der Waals surface area contributed by atoms with Crippen LogP contribution in [0, 0.1) is 6.92 Å². The Morgan fingerprint density at radius 2 is 1.74 bits per heavy atom. The molecule has 0 aliphatic heterocycles. The monoisotopic (exact) mass is 357 g/mol. The summed E-state index contributed by atoms with van der Waals surface area (Å²) in [6.07, 6.45) is 0. The molecule has 0 fully saturated rings. The Balaban J connectivity index is 2.54. The number of hydrogen-bond donors (Lipinski definition) is 1. The smallest absolute Gasteiger partial charge is 0.0652 e. The van der Waals surface area contributed by atoms with Gasteiger partial charge in [0.05, 0.1) is 5.54 Å². The average molecular weight is 359 g/mol. The Bertz CT molecular complexity index is 624. The minimum atomic E-state index is -0.685. The van der Waals surface area contributed by atoms with Crippen molar-refractivity contribution in [2.75, 3.05) is 0 Å². The van der Waals surface area contributed by atoms with Gasteiger partial charge in [-0.05, 0) is 48.7 Å². The minimum Gasteiger partial charge on any atom is -0.318 e. The Kier molecular flexibility index (Phi) is 4.26. The van der Waals surface area contributed by atoms with Crippen LogP contribution in [0.15, 0.2) is 40.9 Å². The lowest BCUT2D eigenvalue weighted by Crippen LogP contribution is -2.34. The first-order valence-electron chi connectivity index (χ1n) is 5.83. The quantitative estimate of drug-likeness (QED) is 0.775. The highest BCUT2D eigenvalue weighted by atomic mass is 79.9. The molecule has 1 nitrogen and oxygen atoms in total. The molecule has 0 saturated carbocycles. The number of aryl methyl sites for hydroxylation is 1. The molecule has 0 aliphatic carbocycles. The van der Waals surface area contributed by atoms with Gasteiger partial charge in [-0.3, -0.25) is 0 Å². The minimum absolute atomic E-state index is 0.635. The highest BCUT2D eigenvalue weighted by molar-refractivity contribution is 9.10. The fourth-order valence-corrected chi connectivity index (χ4v) is 3.03. The van der Waals surface area contributed by atoms with Crippen molar-refractivity contribution in [3.63, 3.8) is 0 Å². The van der Waals surface area contributed by atoms with E-state index in [4.69, 9.17) is 28.9 Å². The van der Waals surface area contributed by atoms with Crippen molar-refractivity contribution in [1.82, 2.24) is 0 Å². The summed E-state index contributed by atoms with van der Waals surface area (Å²) in [5.74, 6) is 0. The maximum atomic E-state index is 6.47. The summed E-state index contributed by atoms with van der Waals surface area (Å²) in [5.41, 5.74) is 8.63. The molecule has 1 atom stereocenters. The third-order valence-electron chi connectivity index (χ3n) is 3.26. The molecule has 0 aliphatic rings. The molecule has 1 unspecified atom stereocenters. The molecule has 0 heterocycles. The maximum absolute atomic E-state index is 6.47. The van der Waals surface area contributed by atoms with Gasteiger partial charge in [0.25, 0.3) is 0 Å². The van der Waals surface area contributed by atoms with E-state index in [9.17, 15) is 0 Å². The second-order valence-electron chi connectivity index (χ2n) is 4.79. The average Bonchev–Trinajstić information content (AvgIpc) is 2.32. The van der Waals surface area contributed by atoms with E-state index in [2.05, 4.69) is 15.9 Å². The molecule has 100 valence electrons. The van der Waals surface area contributed by atoms with Crippen molar-refractivity contribution in [2.24, 2.45) is 5.73 Å². The lowest BCUT2D eigenvalue weighted by Gasteiger charge is -2.27. The maximum Gasteiger partial charge on any atom is 0.0652 e. The number of rotatable bonds is 2. The van der Waals surface area contributed by atoms with Crippen molar-refractivity contribution in [3.05, 3.63) is 67.6 Å². The topological polar surface area (TPSA) is 26.0 Å². The number of benzene rings is 2. The lowest BCUT2D eigenvalue weighted by molar-refractivity contribution is 0.603. The van der Waals surface area contributed by atoms with Crippen molar-refractivity contribution in [2.45, 2.75) is 19.4 Å². The summed E-state index contributed by atoms with van der Waals surface area (Å²) in [6, 6.07) is 11.6. The van der Waals surface area contributed by atoms with Gasteiger partial charge in [-0.15, -0.1) is 0 Å². The van der Waals surface area contributed by atoms with Gasteiger partial charge in [0.2, 0.25) is 0 Å². The van der Waals surface area contributed by atoms with Gasteiger partial charge in [-0.25, -0.2) is 0 Å². The molecule has 2 N–H and O–H groups in total. The fourth-order valence-electron chi connectivity index (χ4n) is 1.98. The molecule has 0 radical (unpaired) electrons. The van der Waals surface area contributed by atoms with Gasteiger partial charge in [-0.1, -0.05) is 57.3 Å². The van der Waals surface area contributed by atoms with E-state index in [1.54, 1.807) is 0 Å². The summed E-state index contributed by atoms with van der Waals surface area (Å²) in [7, 11) is 0. The van der Waals surface area contributed by atoms with Crippen LogP contribution in [0.2, 0.25) is 10.0 Å². The van der Waals surface area contributed by atoms with Crippen molar-refractivity contribution in [1.29, 1.82) is 0 Å². The van der Waals surface area contributed by atoms with E-state index in [-0.39, 0.29) is 0 Å². The van der Waals surface area contributed by atoms with Gasteiger partial charge >= 0.3 is 0 Å². The summed E-state index contributed by atoms with van der Waals surface area (Å²) in [6.45, 7) is 3.90. The molecule has 4 heteroatoms. The van der Waals surface area contributed by atoms with E-state index in [1.807, 2.05) is 50.2 Å². The van der Waals surface area contributed by atoms with Crippen molar-refractivity contribution in [3.8, 4) is 0 Å². The largest absolute Gasteiger partial charge is 0.318 e. The molecule has 2 rings (SSSR count). The Labute approximate surface area is 131 Å². The Morgan fingerprint density at radius 3 is 2.32 bits per heavy atom. The fraction of sp³-hybridized carbons (Fsp3) is 0.200. The van der Waals surface area contributed by atoms with Crippen LogP contribution in [-0.2, 0) is 5.54 Å². The third-order valence-corrected chi connectivity index (χ3v) is 4.48. The molecule has 19 heavy (non-hydrogen) atoms. The van der Waals surface area contributed by atoms with Gasteiger partial charge < -0.3 is 5.73 Å². The number of halogens is 3. The van der Waals surface area contributed by atoms with E-state index in [1.165, 1.54) is 0 Å². The second-order valence-corrected chi connectivity index (χ2v) is 6.52. The van der Waals surface area contributed by atoms with Gasteiger partial charge in [0.15, 0.2) is 0 Å². The van der Waals surface area contributed by atoms with Gasteiger partial charge in [0.1, 0.15) is 0 Å². The molecule has 0 spiro atoms. The van der Waals surface area contributed by atoms with Crippen LogP contribution in [0.25, 0.3) is 0 Å². The van der Waals surface area contributed by atoms with Gasteiger partial charge in [-0.2, -0.15) is 0 Å². The first kappa shape index (κ1) is 14.9. The zero-order valence-corrected chi connectivity index (χ0v) is 13.8. The van der Waals surface area contributed by atoms with E-state index in [0.29, 0.717) is 10.0 Å². The number of nitrogens with two attached hydrogens (primary N) is 1. The molecule has 0 bridgehead atoms. The second kappa shape index (κ2) is 5.45. The normalized spacial score (nSPS) is 14.2. The van der Waals surface area contributed by atoms with Crippen LogP contribution in [0.4, 0.5) is 0 Å². The zero-order valence-electron chi connectivity index (χ0n) is 10.7. The molecule has 0 saturated heterocycles. The van der Waals surface area contributed by atoms with Crippen LogP contribution in [0.5, 0.6) is 0 Å². The van der Waals surface area contributed by atoms with E-state index in [0.717, 1.165) is 21.2 Å². The highest BCUT2D eigenvalue weighted by Gasteiger charge is 2.26. The molecule has 0 aromatic heterocycles. The van der Waals surface area contributed by atoms with Crippen LogP contribution < -0.4 is 5.73 Å². The van der Waals surface area contributed by atoms with E-state index < -0.39 is 5.54 Å². The summed E-state index contributed by atoms with van der Waals surface area (Å²) < 4.78 is 0.930. The SMILES string of the molecule is Cc1ccc(C(C)(N)c2ccc(Br)cc2Cl)cc1Cl. The first-order valence-corrected chi connectivity index (χ1v) is 7.38. The Hall–Kier alpha value is -0.540. The summed E-state index contributed by atoms with van der Waals surface area (Å²) in [4.78, 5) is 0. The molecule has 2 aromatic rings. The molecule has 0 amide bonds. The molecular formula is C15H14BrCl2N. The van der Waals surface area contributed by atoms with Crippen LogP contribution >= 0.6 is 39.1 Å². The lowest BCUT2D eigenvalue weighted by atomic mass is 9.85. The van der Waals surface area contributed by atoms with Crippen molar-refractivity contribution < 1.29 is 0 Å². The predicted molar refractivity (Wildman–Crippen MR) is 86.0 cm³/mol. The highest BCUT2D eigenvalue weighted by Crippen LogP contribution is 2.34. The van der Waals surface area contributed by atoms with Crippen LogP contribution in [0.1, 0.15) is 23.6 Å². The predicted octanol–water partition coefficient (Wildman–Crippen LogP) is 5.29. The Morgan fingerprint density at radius 1 is 1.05 bits per heavy atom. The zero-order chi connectivity index (χ0) is 14.2. The van der Waals surface area contributed by atoms with Crippen LogP contribution in [0.3, 0.4) is 0 Å². The summed E-state index contributed by atoms with van der Waals surface area (Å²) in [5, 5.41) is 1.35. The van der Waals surface area contributed by atoms with E-state index >= 15 is 0 Å². The standard InChI is InChI=1S/C15H14BrCl2N/c1-9-3-4-10(7-13(9)17)15(2,19)12-6-5-11(16)8-14(12)18/h3-8H,19H2,1-2H3. The van der Waals surface area contributed by atoms with Crippen LogP contribution in [-0.4, -0.2) is 0 Å². The molecule has 2 aromatic carbocycles. The number of hydrogen-bond acceptors (Lipinski definition) is 1. The first-order chi connectivity index (χ1) is 8.82.